The van der Waals surface area contributed by atoms with Gasteiger partial charge < -0.3 is 9.88 Å². The largest absolute Gasteiger partial charge is 0.357 e. The normalized spacial score (nSPS) is 17.8. The molecule has 0 radical (unpaired) electrons. The zero-order chi connectivity index (χ0) is 17.2. The number of likely N-dealkylation sites (tertiary alicyclic amines) is 1. The molecule has 2 aromatic carbocycles. The minimum Gasteiger partial charge on any atom is -0.357 e. The molecule has 2 heterocycles. The first-order valence-corrected chi connectivity index (χ1v) is 8.82. The van der Waals surface area contributed by atoms with Gasteiger partial charge in [-0.15, -0.1) is 0 Å². The minimum absolute atomic E-state index is 0.0918. The fraction of sp³-hybridized carbons (Fsp3) is 0.286. The Hall–Kier alpha value is -2.62. The van der Waals surface area contributed by atoms with Gasteiger partial charge in [0.25, 0.3) is 0 Å². The molecule has 3 aromatic rings. The summed E-state index contributed by atoms with van der Waals surface area (Å²) in [6.07, 6.45) is 3.45. The van der Waals surface area contributed by atoms with Crippen molar-refractivity contribution in [3.63, 3.8) is 0 Å². The SMILES string of the molecule is O=C(Cc1ccc(F)cc1)N1CCCCC1c1cc2ccccc2[nH]1. The molecular weight excluding hydrogens is 315 g/mol. The second-order valence-corrected chi connectivity index (χ2v) is 6.71. The van der Waals surface area contributed by atoms with Crippen LogP contribution >= 0.6 is 0 Å². The monoisotopic (exact) mass is 336 g/mol. The van der Waals surface area contributed by atoms with Crippen LogP contribution < -0.4 is 0 Å². The number of para-hydroxylation sites is 1. The van der Waals surface area contributed by atoms with Crippen LogP contribution in [0.25, 0.3) is 10.9 Å². The topological polar surface area (TPSA) is 36.1 Å². The smallest absolute Gasteiger partial charge is 0.227 e. The predicted molar refractivity (Wildman–Crippen MR) is 96.7 cm³/mol. The summed E-state index contributed by atoms with van der Waals surface area (Å²) >= 11 is 0. The van der Waals surface area contributed by atoms with Crippen molar-refractivity contribution in [1.29, 1.82) is 0 Å². The van der Waals surface area contributed by atoms with E-state index in [1.54, 1.807) is 12.1 Å². The molecule has 4 rings (SSSR count). The number of fused-ring (bicyclic) bond motifs is 1. The molecule has 1 saturated heterocycles. The van der Waals surface area contributed by atoms with Crippen LogP contribution in [0.15, 0.2) is 54.6 Å². The summed E-state index contributed by atoms with van der Waals surface area (Å²) < 4.78 is 13.1. The molecule has 0 aliphatic carbocycles. The molecule has 0 spiro atoms. The van der Waals surface area contributed by atoms with Gasteiger partial charge >= 0.3 is 0 Å². The Morgan fingerprint density at radius 3 is 2.72 bits per heavy atom. The molecule has 1 unspecified atom stereocenters. The molecule has 0 saturated carbocycles. The number of benzene rings is 2. The van der Waals surface area contributed by atoms with Crippen LogP contribution in [-0.2, 0) is 11.2 Å². The summed E-state index contributed by atoms with van der Waals surface area (Å²) in [4.78, 5) is 18.3. The lowest BCUT2D eigenvalue weighted by molar-refractivity contribution is -0.134. The number of nitrogens with one attached hydrogen (secondary N) is 1. The van der Waals surface area contributed by atoms with Crippen molar-refractivity contribution in [3.8, 4) is 0 Å². The number of nitrogens with zero attached hydrogens (tertiary/aromatic N) is 1. The summed E-state index contributed by atoms with van der Waals surface area (Å²) in [7, 11) is 0. The van der Waals surface area contributed by atoms with E-state index in [1.807, 2.05) is 17.0 Å². The third-order valence-corrected chi connectivity index (χ3v) is 5.00. The highest BCUT2D eigenvalue weighted by Gasteiger charge is 2.29. The van der Waals surface area contributed by atoms with Crippen molar-refractivity contribution in [3.05, 3.63) is 71.7 Å². The molecule has 1 atom stereocenters. The van der Waals surface area contributed by atoms with Gasteiger partial charge in [0.15, 0.2) is 0 Å². The van der Waals surface area contributed by atoms with Crippen molar-refractivity contribution in [2.75, 3.05) is 6.54 Å². The molecule has 25 heavy (non-hydrogen) atoms. The number of hydrogen-bond donors (Lipinski definition) is 1. The lowest BCUT2D eigenvalue weighted by Gasteiger charge is -2.35. The maximum absolute atomic E-state index is 13.1. The van der Waals surface area contributed by atoms with Gasteiger partial charge in [0.1, 0.15) is 5.82 Å². The molecule has 1 aliphatic heterocycles. The van der Waals surface area contributed by atoms with Crippen LogP contribution in [0.3, 0.4) is 0 Å². The van der Waals surface area contributed by atoms with Gasteiger partial charge in [-0.1, -0.05) is 30.3 Å². The van der Waals surface area contributed by atoms with Crippen molar-refractivity contribution in [1.82, 2.24) is 9.88 Å². The highest BCUT2D eigenvalue weighted by atomic mass is 19.1. The molecule has 1 amide bonds. The Labute approximate surface area is 146 Å². The Morgan fingerprint density at radius 1 is 1.12 bits per heavy atom. The van der Waals surface area contributed by atoms with E-state index in [9.17, 15) is 9.18 Å². The lowest BCUT2D eigenvalue weighted by Crippen LogP contribution is -2.39. The summed E-state index contributed by atoms with van der Waals surface area (Å²) in [6, 6.07) is 16.6. The summed E-state index contributed by atoms with van der Waals surface area (Å²) in [5.41, 5.74) is 3.06. The van der Waals surface area contributed by atoms with E-state index in [4.69, 9.17) is 0 Å². The molecule has 4 heteroatoms. The Morgan fingerprint density at radius 2 is 1.92 bits per heavy atom. The number of halogens is 1. The maximum atomic E-state index is 13.1. The minimum atomic E-state index is -0.273. The molecule has 128 valence electrons. The third-order valence-electron chi connectivity index (χ3n) is 5.00. The van der Waals surface area contributed by atoms with E-state index in [0.717, 1.165) is 42.6 Å². The van der Waals surface area contributed by atoms with E-state index in [-0.39, 0.29) is 17.8 Å². The quantitative estimate of drug-likeness (QED) is 0.745. The number of H-pyrrole nitrogens is 1. The second kappa shape index (κ2) is 6.71. The molecule has 3 nitrogen and oxygen atoms in total. The number of carbonyl (C=O) groups is 1. The van der Waals surface area contributed by atoms with Crippen molar-refractivity contribution in [2.24, 2.45) is 0 Å². The number of piperidine rings is 1. The third kappa shape index (κ3) is 3.29. The van der Waals surface area contributed by atoms with Crippen LogP contribution in [0.5, 0.6) is 0 Å². The van der Waals surface area contributed by atoms with Crippen LogP contribution in [0.2, 0.25) is 0 Å². The number of aromatic nitrogens is 1. The number of hydrogen-bond acceptors (Lipinski definition) is 1. The van der Waals surface area contributed by atoms with Crippen LogP contribution in [0.1, 0.15) is 36.6 Å². The number of carbonyl (C=O) groups excluding carboxylic acids is 1. The standard InChI is InChI=1S/C21H21FN2O/c22-17-10-8-15(9-11-17)13-21(25)24-12-4-3-7-20(24)19-14-16-5-1-2-6-18(16)23-19/h1-2,5-6,8-11,14,20,23H,3-4,7,12-13H2. The number of rotatable bonds is 3. The molecule has 1 aromatic heterocycles. The summed E-state index contributed by atoms with van der Waals surface area (Å²) in [5, 5.41) is 1.18. The summed E-state index contributed by atoms with van der Waals surface area (Å²) in [5.74, 6) is -0.167. The molecule has 0 bridgehead atoms. The molecule has 1 aliphatic rings. The predicted octanol–water partition coefficient (Wildman–Crippen LogP) is 4.60. The van der Waals surface area contributed by atoms with Crippen molar-refractivity contribution >= 4 is 16.8 Å². The Balaban J connectivity index is 1.57. The van der Waals surface area contributed by atoms with Crippen LogP contribution in [-0.4, -0.2) is 22.3 Å². The molecule has 1 fully saturated rings. The number of aromatic amines is 1. The first-order valence-electron chi connectivity index (χ1n) is 8.82. The van der Waals surface area contributed by atoms with Gasteiger partial charge in [-0.3, -0.25) is 4.79 Å². The fourth-order valence-corrected chi connectivity index (χ4v) is 3.71. The average molecular weight is 336 g/mol. The second-order valence-electron chi connectivity index (χ2n) is 6.71. The van der Waals surface area contributed by atoms with E-state index in [2.05, 4.69) is 23.2 Å². The van der Waals surface area contributed by atoms with Gasteiger partial charge in [-0.25, -0.2) is 4.39 Å². The van der Waals surface area contributed by atoms with Gasteiger partial charge in [0.05, 0.1) is 12.5 Å². The molecule has 1 N–H and O–H groups in total. The first-order chi connectivity index (χ1) is 12.2. The maximum Gasteiger partial charge on any atom is 0.227 e. The van der Waals surface area contributed by atoms with E-state index < -0.39 is 0 Å². The van der Waals surface area contributed by atoms with Gasteiger partial charge in [0, 0.05) is 17.8 Å². The van der Waals surface area contributed by atoms with E-state index >= 15 is 0 Å². The zero-order valence-corrected chi connectivity index (χ0v) is 14.0. The van der Waals surface area contributed by atoms with E-state index in [1.165, 1.54) is 17.5 Å². The van der Waals surface area contributed by atoms with E-state index in [0.29, 0.717) is 6.42 Å². The first kappa shape index (κ1) is 15.9. The van der Waals surface area contributed by atoms with Crippen LogP contribution in [0.4, 0.5) is 4.39 Å². The molecular formula is C21H21FN2O. The summed E-state index contributed by atoms with van der Waals surface area (Å²) in [6.45, 7) is 0.778. The van der Waals surface area contributed by atoms with Gasteiger partial charge in [0.2, 0.25) is 5.91 Å². The fourth-order valence-electron chi connectivity index (χ4n) is 3.71. The Kier molecular flexibility index (Phi) is 4.26. The lowest BCUT2D eigenvalue weighted by atomic mass is 9.98. The average Bonchev–Trinajstić information content (AvgIpc) is 3.07. The zero-order valence-electron chi connectivity index (χ0n) is 14.0. The van der Waals surface area contributed by atoms with Gasteiger partial charge in [-0.2, -0.15) is 0 Å². The highest BCUT2D eigenvalue weighted by molar-refractivity contribution is 5.82. The highest BCUT2D eigenvalue weighted by Crippen LogP contribution is 2.32. The van der Waals surface area contributed by atoms with Crippen molar-refractivity contribution < 1.29 is 9.18 Å². The Bertz CT molecular complexity index is 851. The van der Waals surface area contributed by atoms with Crippen LogP contribution in [0, 0.1) is 5.82 Å². The van der Waals surface area contributed by atoms with Gasteiger partial charge in [-0.05, 0) is 54.5 Å². The van der Waals surface area contributed by atoms with Crippen molar-refractivity contribution in [2.45, 2.75) is 31.7 Å². The number of amides is 1.